The maximum atomic E-state index is 5.70. The molecule has 4 aliphatic heterocycles. The number of rotatable bonds is 4. The molecule has 146 valence electrons. The van der Waals surface area contributed by atoms with E-state index < -0.39 is 7.87 Å². The molecule has 0 unspecified atom stereocenters. The third kappa shape index (κ3) is 4.00. The fraction of sp³-hybridized carbons (Fsp3) is 1.00. The highest BCUT2D eigenvalue weighted by molar-refractivity contribution is 7.66. The van der Waals surface area contributed by atoms with Gasteiger partial charge in [-0.2, -0.15) is 0 Å². The summed E-state index contributed by atoms with van der Waals surface area (Å²) in [6.45, 7) is 14.0. The summed E-state index contributed by atoms with van der Waals surface area (Å²) >= 11 is 0. The van der Waals surface area contributed by atoms with Gasteiger partial charge in [0.1, 0.15) is 0 Å². The van der Waals surface area contributed by atoms with Crippen molar-refractivity contribution in [3.05, 3.63) is 0 Å². The summed E-state index contributed by atoms with van der Waals surface area (Å²) in [6, 6.07) is 0. The lowest BCUT2D eigenvalue weighted by molar-refractivity contribution is -0.00000793. The van der Waals surface area contributed by atoms with E-state index in [1.165, 1.54) is 25.9 Å². The predicted molar refractivity (Wildman–Crippen MR) is 94.9 cm³/mol. The summed E-state index contributed by atoms with van der Waals surface area (Å²) in [5.41, 5.74) is 0. The van der Waals surface area contributed by atoms with Gasteiger partial charge in [-0.05, 0) is 12.8 Å². The Morgan fingerprint density at radius 1 is 0.440 bits per heavy atom. The second kappa shape index (κ2) is 9.58. The lowest BCUT2D eigenvalue weighted by Crippen LogP contribution is -3.00. The first-order chi connectivity index (χ1) is 11.9. The number of hydrogen-bond donors (Lipinski definition) is 0. The first kappa shape index (κ1) is 20.2. The zero-order chi connectivity index (χ0) is 16.2. The van der Waals surface area contributed by atoms with Crippen molar-refractivity contribution in [1.82, 2.24) is 18.7 Å². The van der Waals surface area contributed by atoms with Crippen LogP contribution in [0.25, 0.3) is 0 Å². The van der Waals surface area contributed by atoms with E-state index in [9.17, 15) is 0 Å². The molecule has 0 aromatic rings. The van der Waals surface area contributed by atoms with E-state index in [0.29, 0.717) is 0 Å². The van der Waals surface area contributed by atoms with Crippen molar-refractivity contribution < 1.29 is 26.6 Å². The molecule has 0 spiro atoms. The molecule has 0 amide bonds. The summed E-state index contributed by atoms with van der Waals surface area (Å²) in [4.78, 5) is 0. The molecule has 7 nitrogen and oxygen atoms in total. The van der Waals surface area contributed by atoms with Gasteiger partial charge >= 0.3 is 7.87 Å². The molecule has 0 N–H and O–H groups in total. The molecule has 25 heavy (non-hydrogen) atoms. The first-order valence-corrected chi connectivity index (χ1v) is 11.2. The lowest BCUT2D eigenvalue weighted by Gasteiger charge is -2.52. The van der Waals surface area contributed by atoms with E-state index in [-0.39, 0.29) is 12.4 Å². The third-order valence-electron chi connectivity index (χ3n) is 5.56. The van der Waals surface area contributed by atoms with Crippen LogP contribution in [0.4, 0.5) is 0 Å². The molecule has 4 aliphatic rings. The van der Waals surface area contributed by atoms with Crippen LogP contribution in [0, 0.1) is 0 Å². The second-order valence-corrected chi connectivity index (χ2v) is 10.2. The van der Waals surface area contributed by atoms with E-state index in [4.69, 9.17) is 14.2 Å². The van der Waals surface area contributed by atoms with Crippen molar-refractivity contribution in [2.24, 2.45) is 0 Å². The van der Waals surface area contributed by atoms with Crippen LogP contribution in [0.15, 0.2) is 0 Å². The minimum atomic E-state index is -1.68. The number of ether oxygens (including phenoxy) is 3. The standard InChI is InChI=1S/C16H32N4O3P.ClH/c1-2-4-17(3-1)24(18-5-11-21-12-6-18,19-7-13-22-14-8-19)20-9-15-23-16-10-20;/h1-16H2;1H/q+1;/p-1. The van der Waals surface area contributed by atoms with Crippen LogP contribution in [-0.4, -0.2) is 111 Å². The molecular formula is C16H32ClN4O3P. The summed E-state index contributed by atoms with van der Waals surface area (Å²) in [7, 11) is -1.68. The van der Waals surface area contributed by atoms with Gasteiger partial charge in [-0.3, -0.25) is 0 Å². The van der Waals surface area contributed by atoms with Crippen LogP contribution < -0.4 is 12.4 Å². The summed E-state index contributed by atoms with van der Waals surface area (Å²) in [5, 5.41) is 0. The van der Waals surface area contributed by atoms with E-state index >= 15 is 0 Å². The Bertz CT molecular complexity index is 353. The van der Waals surface area contributed by atoms with E-state index in [1.807, 2.05) is 0 Å². The smallest absolute Gasteiger partial charge is 0.309 e. The second-order valence-electron chi connectivity index (χ2n) is 6.90. The van der Waals surface area contributed by atoms with Crippen LogP contribution in [0.2, 0.25) is 0 Å². The van der Waals surface area contributed by atoms with Gasteiger partial charge < -0.3 is 26.6 Å². The zero-order valence-corrected chi connectivity index (χ0v) is 16.8. The Kier molecular flexibility index (Phi) is 7.73. The molecule has 9 heteroatoms. The largest absolute Gasteiger partial charge is 1.00 e. The van der Waals surface area contributed by atoms with Crippen molar-refractivity contribution >= 4 is 7.87 Å². The van der Waals surface area contributed by atoms with Crippen LogP contribution in [0.1, 0.15) is 12.8 Å². The van der Waals surface area contributed by atoms with Gasteiger partial charge in [-0.15, -0.1) is 18.7 Å². The normalized spacial score (nSPS) is 28.8. The van der Waals surface area contributed by atoms with Crippen LogP contribution in [-0.2, 0) is 14.2 Å². The maximum Gasteiger partial charge on any atom is 0.309 e. The maximum absolute atomic E-state index is 5.70. The first-order valence-electron chi connectivity index (χ1n) is 9.56. The lowest BCUT2D eigenvalue weighted by atomic mass is 10.4. The molecule has 0 aromatic heterocycles. The van der Waals surface area contributed by atoms with Crippen LogP contribution in [0.5, 0.6) is 0 Å². The highest BCUT2D eigenvalue weighted by Gasteiger charge is 2.62. The molecule has 4 heterocycles. The number of hydrogen-bond acceptors (Lipinski definition) is 7. The van der Waals surface area contributed by atoms with E-state index in [0.717, 1.165) is 78.9 Å². The van der Waals surface area contributed by atoms with Gasteiger partial charge in [0.05, 0.1) is 78.9 Å². The molecule has 4 fully saturated rings. The van der Waals surface area contributed by atoms with Gasteiger partial charge in [0, 0.05) is 13.1 Å². The molecule has 0 atom stereocenters. The van der Waals surface area contributed by atoms with Gasteiger partial charge in [-0.25, -0.2) is 0 Å². The van der Waals surface area contributed by atoms with Crippen molar-refractivity contribution in [3.8, 4) is 0 Å². The van der Waals surface area contributed by atoms with E-state index in [1.54, 1.807) is 0 Å². The average Bonchev–Trinajstić information content (AvgIpc) is 3.20. The molecule has 4 saturated heterocycles. The topological polar surface area (TPSA) is 40.7 Å². The Balaban J connectivity index is 0.00000182. The quantitative estimate of drug-likeness (QED) is 0.499. The minimum absolute atomic E-state index is 0. The molecule has 4 rings (SSSR count). The van der Waals surface area contributed by atoms with Crippen molar-refractivity contribution in [2.75, 3.05) is 92.0 Å². The van der Waals surface area contributed by atoms with Gasteiger partial charge in [0.2, 0.25) is 0 Å². The zero-order valence-electron chi connectivity index (χ0n) is 15.2. The minimum Gasteiger partial charge on any atom is -1.00 e. The molecule has 0 bridgehead atoms. The van der Waals surface area contributed by atoms with Gasteiger partial charge in [0.15, 0.2) is 0 Å². The monoisotopic (exact) mass is 394 g/mol. The molecule has 0 aromatic carbocycles. The van der Waals surface area contributed by atoms with Crippen molar-refractivity contribution in [3.63, 3.8) is 0 Å². The van der Waals surface area contributed by atoms with Crippen LogP contribution in [0.3, 0.4) is 0 Å². The van der Waals surface area contributed by atoms with E-state index in [2.05, 4.69) is 18.7 Å². The number of nitrogens with zero attached hydrogens (tertiary/aromatic N) is 4. The van der Waals surface area contributed by atoms with Crippen molar-refractivity contribution in [2.45, 2.75) is 12.8 Å². The molecular weight excluding hydrogens is 363 g/mol. The highest BCUT2D eigenvalue weighted by atomic mass is 35.5. The molecule has 0 radical (unpaired) electrons. The fourth-order valence-electron chi connectivity index (χ4n) is 4.51. The molecule has 0 saturated carbocycles. The summed E-state index contributed by atoms with van der Waals surface area (Å²) in [5.74, 6) is 0. The predicted octanol–water partition coefficient (Wildman–Crippen LogP) is -2.24. The fourth-order valence-corrected chi connectivity index (χ4v) is 9.57. The Morgan fingerprint density at radius 3 is 1.04 bits per heavy atom. The Morgan fingerprint density at radius 2 is 0.720 bits per heavy atom. The number of morpholine rings is 3. The SMILES string of the molecule is C1CCN([P+](N2CCOCC2)(N2CCOCC2)N2CCOCC2)C1.[Cl-]. The average molecular weight is 395 g/mol. The Hall–Kier alpha value is 0.440. The number of halogens is 1. The Labute approximate surface area is 158 Å². The van der Waals surface area contributed by atoms with Crippen LogP contribution >= 0.6 is 7.87 Å². The summed E-state index contributed by atoms with van der Waals surface area (Å²) in [6.07, 6.45) is 2.67. The van der Waals surface area contributed by atoms with Crippen molar-refractivity contribution in [1.29, 1.82) is 0 Å². The van der Waals surface area contributed by atoms with Gasteiger partial charge in [-0.1, -0.05) is 0 Å². The molecule has 0 aliphatic carbocycles. The third-order valence-corrected chi connectivity index (χ3v) is 10.2. The van der Waals surface area contributed by atoms with Gasteiger partial charge in [0.25, 0.3) is 0 Å². The highest BCUT2D eigenvalue weighted by Crippen LogP contribution is 2.71. The summed E-state index contributed by atoms with van der Waals surface area (Å²) < 4.78 is 28.3.